The van der Waals surface area contributed by atoms with Crippen LogP contribution in [0, 0.1) is 5.41 Å². The van der Waals surface area contributed by atoms with E-state index in [1.54, 1.807) is 16.8 Å². The highest BCUT2D eigenvalue weighted by Crippen LogP contribution is 2.26. The second-order valence-corrected chi connectivity index (χ2v) is 9.90. The molecule has 0 saturated carbocycles. The number of halogens is 1. The lowest BCUT2D eigenvalue weighted by Gasteiger charge is -2.31. The summed E-state index contributed by atoms with van der Waals surface area (Å²) in [6.07, 6.45) is 1.74. The molecule has 7 nitrogen and oxygen atoms in total. The van der Waals surface area contributed by atoms with Gasteiger partial charge in [0.25, 0.3) is 0 Å². The highest BCUT2D eigenvalue weighted by Gasteiger charge is 2.39. The van der Waals surface area contributed by atoms with Crippen molar-refractivity contribution in [1.82, 2.24) is 15.1 Å². The summed E-state index contributed by atoms with van der Waals surface area (Å²) in [5.74, 6) is -0.503. The number of nitrogens with two attached hydrogens (primary N) is 1. The number of hydrogen-bond acceptors (Lipinski definition) is 4. The lowest BCUT2D eigenvalue weighted by atomic mass is 9.94. The van der Waals surface area contributed by atoms with E-state index in [2.05, 4.69) is 11.4 Å². The van der Waals surface area contributed by atoms with E-state index in [4.69, 9.17) is 5.73 Å². The normalized spacial score (nSPS) is 16.6. The molecule has 0 aromatic heterocycles. The van der Waals surface area contributed by atoms with Crippen LogP contribution in [0.5, 0.6) is 0 Å². The van der Waals surface area contributed by atoms with Crippen LogP contribution in [-0.2, 0) is 20.8 Å². The van der Waals surface area contributed by atoms with Gasteiger partial charge in [-0.25, -0.2) is 0 Å². The van der Waals surface area contributed by atoms with Gasteiger partial charge >= 0.3 is 0 Å². The Labute approximate surface area is 208 Å². The van der Waals surface area contributed by atoms with E-state index in [-0.39, 0.29) is 30.1 Å². The Morgan fingerprint density at radius 2 is 1.82 bits per heavy atom. The van der Waals surface area contributed by atoms with Crippen LogP contribution in [0.2, 0.25) is 0 Å². The second-order valence-electron chi connectivity index (χ2n) is 9.90. The van der Waals surface area contributed by atoms with E-state index < -0.39 is 17.5 Å². The molecule has 34 heavy (non-hydrogen) atoms. The number of carbonyl (C=O) groups excluding carboxylic acids is 3. The Hall–Kier alpha value is -2.64. The zero-order valence-corrected chi connectivity index (χ0v) is 21.4. The zero-order chi connectivity index (χ0) is 24.2. The molecule has 1 unspecified atom stereocenters. The number of carbonyl (C=O) groups is 3. The molecule has 0 spiro atoms. The predicted octanol–water partition coefficient (Wildman–Crippen LogP) is 2.74. The molecule has 0 bridgehead atoms. The third-order valence-corrected chi connectivity index (χ3v) is 6.17. The van der Waals surface area contributed by atoms with Crippen LogP contribution in [0.1, 0.15) is 39.2 Å². The Morgan fingerprint density at radius 1 is 1.15 bits per heavy atom. The van der Waals surface area contributed by atoms with Gasteiger partial charge in [-0.15, -0.1) is 12.4 Å². The van der Waals surface area contributed by atoms with Crippen LogP contribution in [0.25, 0.3) is 10.8 Å². The van der Waals surface area contributed by atoms with Gasteiger partial charge in [-0.3, -0.25) is 14.4 Å². The predicted molar refractivity (Wildman–Crippen MR) is 138 cm³/mol. The summed E-state index contributed by atoms with van der Waals surface area (Å²) in [7, 11) is 1.69. The lowest BCUT2D eigenvalue weighted by molar-refractivity contribution is -0.145. The van der Waals surface area contributed by atoms with Crippen molar-refractivity contribution in [2.75, 3.05) is 26.7 Å². The van der Waals surface area contributed by atoms with Gasteiger partial charge in [0.15, 0.2) is 0 Å². The van der Waals surface area contributed by atoms with Crippen LogP contribution < -0.4 is 11.1 Å². The molecule has 186 valence electrons. The van der Waals surface area contributed by atoms with Crippen molar-refractivity contribution in [3.05, 3.63) is 48.0 Å². The monoisotopic (exact) mass is 488 g/mol. The molecule has 1 saturated heterocycles. The number of amides is 3. The first-order valence-corrected chi connectivity index (χ1v) is 11.7. The number of nitrogens with one attached hydrogen (secondary N) is 1. The largest absolute Gasteiger partial charge is 0.343 e. The first-order chi connectivity index (χ1) is 15.6. The number of likely N-dealkylation sites (tertiary alicyclic amines) is 1. The molecule has 1 aliphatic rings. The highest BCUT2D eigenvalue weighted by molar-refractivity contribution is 5.93. The van der Waals surface area contributed by atoms with Crippen molar-refractivity contribution in [3.8, 4) is 0 Å². The zero-order valence-electron chi connectivity index (χ0n) is 20.5. The van der Waals surface area contributed by atoms with E-state index in [9.17, 15) is 14.4 Å². The van der Waals surface area contributed by atoms with Crippen molar-refractivity contribution < 1.29 is 14.4 Å². The number of likely N-dealkylation sites (N-methyl/N-ethyl adjacent to an activating group) is 1. The maximum atomic E-state index is 13.3. The van der Waals surface area contributed by atoms with Crippen molar-refractivity contribution in [2.45, 2.75) is 52.1 Å². The standard InChI is InChI=1S/C26H36N4O3.ClH/c1-26(2,3)25(33)30-14-7-10-22(30)23(31)28-21(24(32)29(4)15-13-27)17-18-11-12-19-8-5-6-9-20(19)16-18;/h5-6,8-9,11-12,16,21-22H,7,10,13-15,17,27H2,1-4H3,(H,28,31);1H/t21-,22?;/m1./s1. The Bertz CT molecular complexity index is 1020. The van der Waals surface area contributed by atoms with Crippen molar-refractivity contribution in [3.63, 3.8) is 0 Å². The van der Waals surface area contributed by atoms with E-state index in [1.807, 2.05) is 57.2 Å². The molecule has 8 heteroatoms. The summed E-state index contributed by atoms with van der Waals surface area (Å²) in [5, 5.41) is 5.17. The average molecular weight is 489 g/mol. The molecule has 3 N–H and O–H groups in total. The fraction of sp³-hybridized carbons (Fsp3) is 0.500. The minimum atomic E-state index is -0.734. The summed E-state index contributed by atoms with van der Waals surface area (Å²) in [6.45, 7) is 6.88. The Balaban J connectivity index is 0.00000408. The summed E-state index contributed by atoms with van der Waals surface area (Å²) in [4.78, 5) is 42.6. The Kier molecular flexibility index (Phi) is 9.47. The molecule has 1 heterocycles. The molecular formula is C26H37ClN4O3. The molecule has 2 atom stereocenters. The number of benzene rings is 2. The van der Waals surface area contributed by atoms with Gasteiger partial charge in [0.05, 0.1) is 0 Å². The molecule has 0 aliphatic carbocycles. The summed E-state index contributed by atoms with van der Waals surface area (Å²) < 4.78 is 0. The van der Waals surface area contributed by atoms with E-state index in [0.29, 0.717) is 32.5 Å². The fourth-order valence-corrected chi connectivity index (χ4v) is 4.35. The van der Waals surface area contributed by atoms with Gasteiger partial charge in [-0.05, 0) is 29.2 Å². The minimum absolute atomic E-state index is 0. The van der Waals surface area contributed by atoms with E-state index in [1.165, 1.54) is 0 Å². The Morgan fingerprint density at radius 3 is 2.47 bits per heavy atom. The molecule has 2 aromatic rings. The molecular weight excluding hydrogens is 452 g/mol. The van der Waals surface area contributed by atoms with Crippen LogP contribution >= 0.6 is 12.4 Å². The van der Waals surface area contributed by atoms with Gasteiger partial charge in [-0.2, -0.15) is 0 Å². The maximum absolute atomic E-state index is 13.3. The van der Waals surface area contributed by atoms with Crippen molar-refractivity contribution >= 4 is 40.9 Å². The van der Waals surface area contributed by atoms with Gasteiger partial charge in [-0.1, -0.05) is 63.2 Å². The van der Waals surface area contributed by atoms with Crippen LogP contribution in [0.3, 0.4) is 0 Å². The average Bonchev–Trinajstić information content (AvgIpc) is 3.27. The van der Waals surface area contributed by atoms with Gasteiger partial charge in [0.2, 0.25) is 17.7 Å². The topological polar surface area (TPSA) is 95.7 Å². The van der Waals surface area contributed by atoms with Crippen LogP contribution in [0.15, 0.2) is 42.5 Å². The summed E-state index contributed by atoms with van der Waals surface area (Å²) >= 11 is 0. The molecule has 3 amide bonds. The fourth-order valence-electron chi connectivity index (χ4n) is 4.35. The summed E-state index contributed by atoms with van der Waals surface area (Å²) in [6, 6.07) is 12.8. The molecule has 1 aliphatic heterocycles. The van der Waals surface area contributed by atoms with Gasteiger partial charge in [0, 0.05) is 38.5 Å². The lowest BCUT2D eigenvalue weighted by Crippen LogP contribution is -2.55. The molecule has 2 aromatic carbocycles. The second kappa shape index (κ2) is 11.7. The number of nitrogens with zero attached hydrogens (tertiary/aromatic N) is 2. The molecule has 1 fully saturated rings. The molecule has 3 rings (SSSR count). The van der Waals surface area contributed by atoms with Crippen molar-refractivity contribution in [2.24, 2.45) is 11.1 Å². The SMILES string of the molecule is CN(CCN)C(=O)[C@@H](Cc1ccc2ccccc2c1)NC(=O)C1CCCN1C(=O)C(C)(C)C.Cl. The van der Waals surface area contributed by atoms with Gasteiger partial charge in [0.1, 0.15) is 12.1 Å². The smallest absolute Gasteiger partial charge is 0.245 e. The third kappa shape index (κ3) is 6.48. The van der Waals surface area contributed by atoms with Crippen LogP contribution in [0.4, 0.5) is 0 Å². The van der Waals surface area contributed by atoms with E-state index in [0.717, 1.165) is 22.8 Å². The quantitative estimate of drug-likeness (QED) is 0.626. The van der Waals surface area contributed by atoms with Crippen molar-refractivity contribution in [1.29, 1.82) is 0 Å². The third-order valence-electron chi connectivity index (χ3n) is 6.17. The van der Waals surface area contributed by atoms with Crippen LogP contribution in [-0.4, -0.2) is 66.3 Å². The summed E-state index contributed by atoms with van der Waals surface area (Å²) in [5.41, 5.74) is 6.05. The van der Waals surface area contributed by atoms with E-state index >= 15 is 0 Å². The first kappa shape index (κ1) is 27.6. The van der Waals surface area contributed by atoms with Gasteiger partial charge < -0.3 is 20.9 Å². The highest BCUT2D eigenvalue weighted by atomic mass is 35.5. The molecule has 0 radical (unpaired) electrons. The number of rotatable bonds is 7. The number of hydrogen-bond donors (Lipinski definition) is 2. The number of fused-ring (bicyclic) bond motifs is 1. The maximum Gasteiger partial charge on any atom is 0.245 e. The minimum Gasteiger partial charge on any atom is -0.343 e. The first-order valence-electron chi connectivity index (χ1n) is 11.7.